The van der Waals surface area contributed by atoms with Crippen LogP contribution in [0.3, 0.4) is 0 Å². The molecule has 0 heterocycles. The smallest absolute Gasteiger partial charge is 0.304 e. The zero-order chi connectivity index (χ0) is 14.0. The summed E-state index contributed by atoms with van der Waals surface area (Å²) in [6.45, 7) is 0.924. The Bertz CT molecular complexity index is 489. The molecule has 4 nitrogen and oxygen atoms in total. The van der Waals surface area contributed by atoms with Crippen LogP contribution in [-0.4, -0.2) is 33.7 Å². The van der Waals surface area contributed by atoms with Crippen molar-refractivity contribution in [3.63, 3.8) is 0 Å². The number of aromatic hydroxyl groups is 1. The first-order chi connectivity index (χ1) is 8.97. The maximum atomic E-state index is 10.7. The summed E-state index contributed by atoms with van der Waals surface area (Å²) in [5.41, 5.74) is 0.634. The van der Waals surface area contributed by atoms with E-state index in [1.54, 1.807) is 6.07 Å². The van der Waals surface area contributed by atoms with Crippen molar-refractivity contribution in [2.24, 2.45) is 0 Å². The molecule has 2 N–H and O–H groups in total. The molecule has 0 aromatic heterocycles. The molecule has 0 bridgehead atoms. The van der Waals surface area contributed by atoms with Crippen LogP contribution in [0.15, 0.2) is 12.1 Å². The molecule has 1 aromatic rings. The lowest BCUT2D eigenvalue weighted by Gasteiger charge is -2.22. The zero-order valence-electron chi connectivity index (χ0n) is 10.3. The van der Waals surface area contributed by atoms with Gasteiger partial charge in [-0.2, -0.15) is 0 Å². The largest absolute Gasteiger partial charge is 0.506 e. The Balaban J connectivity index is 2.10. The van der Waals surface area contributed by atoms with Crippen molar-refractivity contribution in [2.45, 2.75) is 31.8 Å². The Labute approximate surface area is 121 Å². The lowest BCUT2D eigenvalue weighted by Crippen LogP contribution is -2.28. The molecule has 0 atom stereocenters. The van der Waals surface area contributed by atoms with Crippen LogP contribution in [0.25, 0.3) is 0 Å². The summed E-state index contributed by atoms with van der Waals surface area (Å²) in [6, 6.07) is 3.55. The van der Waals surface area contributed by atoms with Crippen molar-refractivity contribution in [3.05, 3.63) is 27.7 Å². The Hall–Kier alpha value is -0.970. The minimum atomic E-state index is -0.820. The molecule has 6 heteroatoms. The number of carboxylic acid groups (broad SMARTS) is 1. The van der Waals surface area contributed by atoms with Gasteiger partial charge in [0.25, 0.3) is 0 Å². The average Bonchev–Trinajstić information content (AvgIpc) is 3.14. The van der Waals surface area contributed by atoms with Crippen molar-refractivity contribution in [1.29, 1.82) is 0 Å². The second kappa shape index (κ2) is 5.99. The molecule has 1 saturated carbocycles. The highest BCUT2D eigenvalue weighted by Gasteiger charge is 2.29. The fourth-order valence-electron chi connectivity index (χ4n) is 2.03. The number of hydrogen-bond donors (Lipinski definition) is 2. The fourth-order valence-corrected chi connectivity index (χ4v) is 2.56. The molecule has 0 radical (unpaired) electrons. The second-order valence-corrected chi connectivity index (χ2v) is 5.58. The Morgan fingerprint density at radius 1 is 1.37 bits per heavy atom. The van der Waals surface area contributed by atoms with Gasteiger partial charge in [-0.25, -0.2) is 0 Å². The highest BCUT2D eigenvalue weighted by molar-refractivity contribution is 6.35. The van der Waals surface area contributed by atoms with Crippen molar-refractivity contribution >= 4 is 29.2 Å². The van der Waals surface area contributed by atoms with Crippen molar-refractivity contribution in [3.8, 4) is 5.75 Å². The topological polar surface area (TPSA) is 60.8 Å². The number of rotatable bonds is 6. The first-order valence-corrected chi connectivity index (χ1v) is 6.85. The minimum absolute atomic E-state index is 0.0204. The van der Waals surface area contributed by atoms with E-state index in [-0.39, 0.29) is 17.2 Å². The van der Waals surface area contributed by atoms with E-state index in [0.29, 0.717) is 29.7 Å². The molecule has 2 rings (SSSR count). The summed E-state index contributed by atoms with van der Waals surface area (Å²) in [5, 5.41) is 19.4. The molecule has 19 heavy (non-hydrogen) atoms. The van der Waals surface area contributed by atoms with E-state index in [0.717, 1.165) is 12.8 Å². The third kappa shape index (κ3) is 4.00. The van der Waals surface area contributed by atoms with Gasteiger partial charge in [0.2, 0.25) is 0 Å². The van der Waals surface area contributed by atoms with Crippen LogP contribution in [0.4, 0.5) is 0 Å². The van der Waals surface area contributed by atoms with Crippen LogP contribution in [0.1, 0.15) is 24.8 Å². The molecule has 0 spiro atoms. The normalized spacial score (nSPS) is 14.9. The van der Waals surface area contributed by atoms with Crippen molar-refractivity contribution < 1.29 is 15.0 Å². The molecule has 104 valence electrons. The summed E-state index contributed by atoms with van der Waals surface area (Å²) >= 11 is 11.8. The van der Waals surface area contributed by atoms with Gasteiger partial charge in [-0.15, -0.1) is 0 Å². The maximum absolute atomic E-state index is 10.7. The van der Waals surface area contributed by atoms with Crippen LogP contribution in [0.2, 0.25) is 10.0 Å². The fraction of sp³-hybridized carbons (Fsp3) is 0.462. The molecule has 0 amide bonds. The van der Waals surface area contributed by atoms with E-state index in [9.17, 15) is 9.90 Å². The average molecular weight is 304 g/mol. The minimum Gasteiger partial charge on any atom is -0.506 e. The third-order valence-corrected chi connectivity index (χ3v) is 3.66. The van der Waals surface area contributed by atoms with E-state index >= 15 is 0 Å². The molecule has 0 aliphatic heterocycles. The summed E-state index contributed by atoms with van der Waals surface area (Å²) in [7, 11) is 0. The van der Waals surface area contributed by atoms with E-state index in [2.05, 4.69) is 4.90 Å². The van der Waals surface area contributed by atoms with Crippen LogP contribution < -0.4 is 0 Å². The van der Waals surface area contributed by atoms with Gasteiger partial charge >= 0.3 is 5.97 Å². The number of carbonyl (C=O) groups is 1. The van der Waals surface area contributed by atoms with E-state index < -0.39 is 5.97 Å². The highest BCUT2D eigenvalue weighted by Crippen LogP contribution is 2.34. The van der Waals surface area contributed by atoms with Gasteiger partial charge in [0.05, 0.1) is 11.4 Å². The predicted octanol–water partition coefficient (Wildman–Crippen LogP) is 3.14. The molecule has 1 fully saturated rings. The lowest BCUT2D eigenvalue weighted by molar-refractivity contribution is -0.137. The summed E-state index contributed by atoms with van der Waals surface area (Å²) in [5.74, 6) is -0.800. The number of hydrogen-bond acceptors (Lipinski definition) is 3. The second-order valence-electron chi connectivity index (χ2n) is 4.74. The van der Waals surface area contributed by atoms with Gasteiger partial charge in [-0.1, -0.05) is 23.2 Å². The van der Waals surface area contributed by atoms with Crippen LogP contribution in [0, 0.1) is 0 Å². The van der Waals surface area contributed by atoms with Crippen LogP contribution in [-0.2, 0) is 11.3 Å². The number of phenols is 1. The molecule has 0 saturated heterocycles. The highest BCUT2D eigenvalue weighted by atomic mass is 35.5. The predicted molar refractivity (Wildman–Crippen MR) is 73.8 cm³/mol. The van der Waals surface area contributed by atoms with Crippen LogP contribution >= 0.6 is 23.2 Å². The number of nitrogens with zero attached hydrogens (tertiary/aromatic N) is 1. The Kier molecular flexibility index (Phi) is 4.55. The SMILES string of the molecule is O=C(O)CCN(Cc1cc(Cl)cc(Cl)c1O)C1CC1. The summed E-state index contributed by atoms with van der Waals surface area (Å²) < 4.78 is 0. The van der Waals surface area contributed by atoms with Crippen molar-refractivity contribution in [1.82, 2.24) is 4.90 Å². The first kappa shape index (κ1) is 14.4. The van der Waals surface area contributed by atoms with E-state index in [1.807, 2.05) is 0 Å². The third-order valence-electron chi connectivity index (χ3n) is 3.16. The molecule has 1 aromatic carbocycles. The van der Waals surface area contributed by atoms with Gasteiger partial charge in [-0.05, 0) is 25.0 Å². The standard InChI is InChI=1S/C13H15Cl2NO3/c14-9-5-8(13(19)11(15)6-9)7-16(10-1-2-10)4-3-12(17)18/h5-6,10,19H,1-4,7H2,(H,17,18). The number of benzene rings is 1. The molecule has 1 aliphatic carbocycles. The number of halogens is 2. The van der Waals surface area contributed by atoms with Gasteiger partial charge in [0.15, 0.2) is 0 Å². The van der Waals surface area contributed by atoms with Gasteiger partial charge < -0.3 is 10.2 Å². The molecule has 0 unspecified atom stereocenters. The van der Waals surface area contributed by atoms with Crippen molar-refractivity contribution in [2.75, 3.05) is 6.54 Å². The van der Waals surface area contributed by atoms with Gasteiger partial charge in [0, 0.05) is 29.7 Å². The van der Waals surface area contributed by atoms with Gasteiger partial charge in [0.1, 0.15) is 5.75 Å². The quantitative estimate of drug-likeness (QED) is 0.847. The maximum Gasteiger partial charge on any atom is 0.304 e. The number of phenolic OH excluding ortho intramolecular Hbond substituents is 1. The van der Waals surface area contributed by atoms with E-state index in [1.165, 1.54) is 6.07 Å². The lowest BCUT2D eigenvalue weighted by atomic mass is 10.1. The van der Waals surface area contributed by atoms with Gasteiger partial charge in [-0.3, -0.25) is 9.69 Å². The monoisotopic (exact) mass is 303 g/mol. The van der Waals surface area contributed by atoms with E-state index in [4.69, 9.17) is 28.3 Å². The Morgan fingerprint density at radius 2 is 2.05 bits per heavy atom. The van der Waals surface area contributed by atoms with Crippen LogP contribution in [0.5, 0.6) is 5.75 Å². The Morgan fingerprint density at radius 3 is 2.63 bits per heavy atom. The number of aliphatic carboxylic acids is 1. The summed E-state index contributed by atoms with van der Waals surface area (Å²) in [4.78, 5) is 12.7. The number of carboxylic acids is 1. The zero-order valence-corrected chi connectivity index (χ0v) is 11.8. The molecular formula is C13H15Cl2NO3. The first-order valence-electron chi connectivity index (χ1n) is 6.10. The summed E-state index contributed by atoms with van der Waals surface area (Å²) in [6.07, 6.45) is 2.22. The molecular weight excluding hydrogens is 289 g/mol. The molecule has 1 aliphatic rings.